The predicted molar refractivity (Wildman–Crippen MR) is 78.5 cm³/mol. The van der Waals surface area contributed by atoms with Crippen LogP contribution in [0.2, 0.25) is 0 Å². The molecule has 1 heterocycles. The van der Waals surface area contributed by atoms with Crippen molar-refractivity contribution < 1.29 is 10.2 Å². The number of nitrogens with one attached hydrogen (secondary N) is 1. The molecule has 0 radical (unpaired) electrons. The van der Waals surface area contributed by atoms with Gasteiger partial charge >= 0.3 is 0 Å². The van der Waals surface area contributed by atoms with Crippen LogP contribution in [0.5, 0.6) is 5.75 Å². The van der Waals surface area contributed by atoms with E-state index in [4.69, 9.17) is 0 Å². The van der Waals surface area contributed by atoms with Crippen LogP contribution in [0.1, 0.15) is 35.8 Å². The first-order valence-corrected chi connectivity index (χ1v) is 7.25. The van der Waals surface area contributed by atoms with E-state index in [-0.39, 0.29) is 11.8 Å². The largest absolute Gasteiger partial charge is 0.508 e. The average molecular weight is 277 g/mol. The molecule has 0 bridgehead atoms. The highest BCUT2D eigenvalue weighted by molar-refractivity contribution is 7.07. The number of rotatable bonds is 5. The monoisotopic (exact) mass is 277 g/mol. The molecule has 0 aliphatic carbocycles. The lowest BCUT2D eigenvalue weighted by molar-refractivity contribution is 0.171. The molecule has 2 rings (SSSR count). The summed E-state index contributed by atoms with van der Waals surface area (Å²) in [7, 11) is 0. The zero-order chi connectivity index (χ0) is 13.8. The van der Waals surface area contributed by atoms with Gasteiger partial charge in [-0.3, -0.25) is 0 Å². The summed E-state index contributed by atoms with van der Waals surface area (Å²) in [4.78, 5) is 0. The first-order valence-electron chi connectivity index (χ1n) is 6.31. The Hall–Kier alpha value is -1.36. The van der Waals surface area contributed by atoms with E-state index < -0.39 is 6.10 Å². The molecule has 2 unspecified atom stereocenters. The summed E-state index contributed by atoms with van der Waals surface area (Å²) in [6.07, 6.45) is -0.513. The molecule has 0 saturated carbocycles. The number of hydrogen-bond donors (Lipinski definition) is 3. The standard InChI is InChI=1S/C15H19NO2S/c1-10-3-4-14(17)13(7-10)11(2)16-8-15(18)12-5-6-19-9-12/h3-7,9,11,15-18H,8H2,1-2H3. The third kappa shape index (κ3) is 3.56. The lowest BCUT2D eigenvalue weighted by atomic mass is 10.0. The Kier molecular flexibility index (Phi) is 4.58. The average Bonchev–Trinajstić information content (AvgIpc) is 2.92. The van der Waals surface area contributed by atoms with Gasteiger partial charge in [-0.1, -0.05) is 17.7 Å². The van der Waals surface area contributed by atoms with Gasteiger partial charge in [0.25, 0.3) is 0 Å². The summed E-state index contributed by atoms with van der Waals surface area (Å²) in [5, 5.41) is 27.0. The Morgan fingerprint density at radius 1 is 1.32 bits per heavy atom. The molecule has 4 heteroatoms. The summed E-state index contributed by atoms with van der Waals surface area (Å²) in [6.45, 7) is 4.44. The van der Waals surface area contributed by atoms with Crippen molar-refractivity contribution in [2.24, 2.45) is 0 Å². The van der Waals surface area contributed by atoms with Crippen molar-refractivity contribution in [3.63, 3.8) is 0 Å². The molecular formula is C15H19NO2S. The van der Waals surface area contributed by atoms with E-state index in [9.17, 15) is 10.2 Å². The van der Waals surface area contributed by atoms with Gasteiger partial charge in [-0.05, 0) is 42.3 Å². The first-order chi connectivity index (χ1) is 9.08. The topological polar surface area (TPSA) is 52.5 Å². The van der Waals surface area contributed by atoms with E-state index in [0.717, 1.165) is 16.7 Å². The number of hydrogen-bond acceptors (Lipinski definition) is 4. The second-order valence-electron chi connectivity index (χ2n) is 4.76. The van der Waals surface area contributed by atoms with Crippen molar-refractivity contribution in [3.05, 3.63) is 51.7 Å². The van der Waals surface area contributed by atoms with Gasteiger partial charge in [-0.2, -0.15) is 11.3 Å². The zero-order valence-electron chi connectivity index (χ0n) is 11.1. The second-order valence-corrected chi connectivity index (χ2v) is 5.54. The van der Waals surface area contributed by atoms with Crippen LogP contribution in [0, 0.1) is 6.92 Å². The highest BCUT2D eigenvalue weighted by atomic mass is 32.1. The third-order valence-corrected chi connectivity index (χ3v) is 3.90. The molecule has 0 spiro atoms. The zero-order valence-corrected chi connectivity index (χ0v) is 11.9. The van der Waals surface area contributed by atoms with Crippen molar-refractivity contribution in [2.75, 3.05) is 6.54 Å². The summed E-state index contributed by atoms with van der Waals surface area (Å²) in [5.74, 6) is 0.288. The van der Waals surface area contributed by atoms with E-state index in [1.807, 2.05) is 42.8 Å². The molecule has 0 amide bonds. The Labute approximate surface area is 117 Å². The summed E-state index contributed by atoms with van der Waals surface area (Å²) >= 11 is 1.58. The van der Waals surface area contributed by atoms with Crippen LogP contribution in [0.15, 0.2) is 35.0 Å². The number of phenols is 1. The molecule has 1 aromatic heterocycles. The maximum atomic E-state index is 10.0. The van der Waals surface area contributed by atoms with Crippen LogP contribution in [-0.4, -0.2) is 16.8 Å². The molecule has 102 valence electrons. The molecule has 3 nitrogen and oxygen atoms in total. The number of aliphatic hydroxyl groups excluding tert-OH is 1. The minimum atomic E-state index is -0.513. The molecule has 0 fully saturated rings. The van der Waals surface area contributed by atoms with Crippen molar-refractivity contribution in [2.45, 2.75) is 26.0 Å². The number of aryl methyl sites for hydroxylation is 1. The highest BCUT2D eigenvalue weighted by Crippen LogP contribution is 2.25. The molecule has 1 aromatic carbocycles. The SMILES string of the molecule is Cc1ccc(O)c(C(C)NCC(O)c2ccsc2)c1. The van der Waals surface area contributed by atoms with Crippen molar-refractivity contribution in [3.8, 4) is 5.75 Å². The predicted octanol–water partition coefficient (Wildman–Crippen LogP) is 3.15. The van der Waals surface area contributed by atoms with Gasteiger partial charge in [0.2, 0.25) is 0 Å². The maximum Gasteiger partial charge on any atom is 0.120 e. The fourth-order valence-corrected chi connectivity index (χ4v) is 2.71. The second kappa shape index (κ2) is 6.19. The van der Waals surface area contributed by atoms with Crippen LogP contribution in [0.25, 0.3) is 0 Å². The fourth-order valence-electron chi connectivity index (χ4n) is 2.00. The number of aliphatic hydroxyl groups is 1. The van der Waals surface area contributed by atoms with Crippen LogP contribution >= 0.6 is 11.3 Å². The maximum absolute atomic E-state index is 10.0. The number of aromatic hydroxyl groups is 1. The Balaban J connectivity index is 1.97. The van der Waals surface area contributed by atoms with E-state index in [2.05, 4.69) is 5.32 Å². The minimum Gasteiger partial charge on any atom is -0.508 e. The van der Waals surface area contributed by atoms with E-state index in [1.54, 1.807) is 17.4 Å². The van der Waals surface area contributed by atoms with Crippen LogP contribution in [0.4, 0.5) is 0 Å². The quantitative estimate of drug-likeness (QED) is 0.787. The summed E-state index contributed by atoms with van der Waals surface area (Å²) in [5.41, 5.74) is 2.90. The van der Waals surface area contributed by atoms with Gasteiger partial charge < -0.3 is 15.5 Å². The van der Waals surface area contributed by atoms with Gasteiger partial charge in [0.05, 0.1) is 6.10 Å². The molecule has 3 N–H and O–H groups in total. The Morgan fingerprint density at radius 2 is 2.11 bits per heavy atom. The smallest absolute Gasteiger partial charge is 0.120 e. The minimum absolute atomic E-state index is 0.00631. The highest BCUT2D eigenvalue weighted by Gasteiger charge is 2.13. The molecule has 19 heavy (non-hydrogen) atoms. The molecule has 2 aromatic rings. The van der Waals surface area contributed by atoms with Crippen molar-refractivity contribution in [1.82, 2.24) is 5.32 Å². The van der Waals surface area contributed by atoms with Crippen LogP contribution in [-0.2, 0) is 0 Å². The number of phenolic OH excluding ortho intramolecular Hbond substituents is 1. The summed E-state index contributed by atoms with van der Waals surface area (Å²) < 4.78 is 0. The number of thiophene rings is 1. The molecule has 0 aliphatic rings. The van der Waals surface area contributed by atoms with Crippen molar-refractivity contribution >= 4 is 11.3 Å². The Bertz CT molecular complexity index is 525. The lowest BCUT2D eigenvalue weighted by Gasteiger charge is -2.18. The van der Waals surface area contributed by atoms with Gasteiger partial charge in [-0.25, -0.2) is 0 Å². The van der Waals surface area contributed by atoms with E-state index in [0.29, 0.717) is 6.54 Å². The normalized spacial score (nSPS) is 14.3. The van der Waals surface area contributed by atoms with Gasteiger partial charge in [-0.15, -0.1) is 0 Å². The molecule has 0 aliphatic heterocycles. The molecule has 0 saturated heterocycles. The fraction of sp³-hybridized carbons (Fsp3) is 0.333. The van der Waals surface area contributed by atoms with Gasteiger partial charge in [0.15, 0.2) is 0 Å². The molecular weight excluding hydrogens is 258 g/mol. The molecule has 2 atom stereocenters. The lowest BCUT2D eigenvalue weighted by Crippen LogP contribution is -2.24. The van der Waals surface area contributed by atoms with E-state index >= 15 is 0 Å². The van der Waals surface area contributed by atoms with E-state index in [1.165, 1.54) is 0 Å². The first kappa shape index (κ1) is 14.1. The van der Waals surface area contributed by atoms with Crippen molar-refractivity contribution in [1.29, 1.82) is 0 Å². The third-order valence-electron chi connectivity index (χ3n) is 3.19. The summed E-state index contributed by atoms with van der Waals surface area (Å²) in [6, 6.07) is 7.47. The van der Waals surface area contributed by atoms with Gasteiger partial charge in [0.1, 0.15) is 5.75 Å². The number of benzene rings is 1. The van der Waals surface area contributed by atoms with Crippen LogP contribution in [0.3, 0.4) is 0 Å². The van der Waals surface area contributed by atoms with Gasteiger partial charge in [0, 0.05) is 18.2 Å². The Morgan fingerprint density at radius 3 is 2.79 bits per heavy atom. The van der Waals surface area contributed by atoms with Crippen LogP contribution < -0.4 is 5.32 Å².